The van der Waals surface area contributed by atoms with Gasteiger partial charge in [-0.15, -0.1) is 0 Å². The third-order valence-electron chi connectivity index (χ3n) is 5.00. The van der Waals surface area contributed by atoms with Crippen molar-refractivity contribution in [3.05, 3.63) is 0 Å². The molecular weight excluding hydrogens is 236 g/mol. The summed E-state index contributed by atoms with van der Waals surface area (Å²) in [6.07, 6.45) is 5.36. The number of hydrogen-bond donors (Lipinski definition) is 1. The summed E-state index contributed by atoms with van der Waals surface area (Å²) in [5.74, 6) is 1.02. The molecule has 3 heteroatoms. The van der Waals surface area contributed by atoms with Gasteiger partial charge in [0.25, 0.3) is 0 Å². The second-order valence-corrected chi connectivity index (χ2v) is 8.08. The third-order valence-corrected chi connectivity index (χ3v) is 5.00. The molecule has 1 saturated carbocycles. The van der Waals surface area contributed by atoms with Crippen molar-refractivity contribution in [1.29, 1.82) is 0 Å². The summed E-state index contributed by atoms with van der Waals surface area (Å²) in [5.41, 5.74) is -0.0130. The lowest BCUT2D eigenvalue weighted by Gasteiger charge is -2.30. The molecule has 0 aromatic heterocycles. The molecule has 3 fully saturated rings. The molecule has 2 heterocycles. The van der Waals surface area contributed by atoms with E-state index < -0.39 is 0 Å². The van der Waals surface area contributed by atoms with Crippen molar-refractivity contribution in [2.24, 2.45) is 5.92 Å². The molecule has 1 N–H and O–H groups in total. The van der Waals surface area contributed by atoms with Gasteiger partial charge in [0, 0.05) is 25.2 Å². The van der Waals surface area contributed by atoms with Gasteiger partial charge in [-0.3, -0.25) is 0 Å². The minimum Gasteiger partial charge on any atom is -0.368 e. The van der Waals surface area contributed by atoms with Gasteiger partial charge in [-0.05, 0) is 65.8 Å². The zero-order valence-electron chi connectivity index (χ0n) is 13.0. The van der Waals surface area contributed by atoms with Crippen LogP contribution in [0.15, 0.2) is 0 Å². The highest BCUT2D eigenvalue weighted by Gasteiger charge is 2.46. The predicted molar refractivity (Wildman–Crippen MR) is 78.4 cm³/mol. The Hall–Kier alpha value is -0.120. The second-order valence-electron chi connectivity index (χ2n) is 8.08. The number of nitrogens with zero attached hydrogens (tertiary/aromatic N) is 1. The summed E-state index contributed by atoms with van der Waals surface area (Å²) >= 11 is 0. The second kappa shape index (κ2) is 4.71. The molecule has 0 spiro atoms. The van der Waals surface area contributed by atoms with Gasteiger partial charge < -0.3 is 15.0 Å². The highest BCUT2D eigenvalue weighted by molar-refractivity contribution is 5.01. The largest absolute Gasteiger partial charge is 0.368 e. The topological polar surface area (TPSA) is 24.5 Å². The summed E-state index contributed by atoms with van der Waals surface area (Å²) in [7, 11) is 0. The summed E-state index contributed by atoms with van der Waals surface area (Å²) in [5, 5.41) is 3.88. The van der Waals surface area contributed by atoms with Crippen molar-refractivity contribution in [3.63, 3.8) is 0 Å². The molecule has 2 aliphatic heterocycles. The van der Waals surface area contributed by atoms with E-state index in [0.29, 0.717) is 12.1 Å². The Kier molecular flexibility index (Phi) is 3.43. The quantitative estimate of drug-likeness (QED) is 0.845. The van der Waals surface area contributed by atoms with E-state index in [-0.39, 0.29) is 11.2 Å². The zero-order valence-corrected chi connectivity index (χ0v) is 13.0. The Morgan fingerprint density at radius 1 is 1.16 bits per heavy atom. The molecule has 110 valence electrons. The smallest absolute Gasteiger partial charge is 0.0787 e. The Labute approximate surface area is 118 Å². The van der Waals surface area contributed by atoms with Crippen LogP contribution >= 0.6 is 0 Å². The van der Waals surface area contributed by atoms with E-state index in [1.54, 1.807) is 0 Å². The zero-order chi connectivity index (χ0) is 13.7. The minimum atomic E-state index is -0.0343. The van der Waals surface area contributed by atoms with Gasteiger partial charge >= 0.3 is 0 Å². The Morgan fingerprint density at radius 3 is 2.47 bits per heavy atom. The van der Waals surface area contributed by atoms with Crippen LogP contribution in [0, 0.1) is 5.92 Å². The van der Waals surface area contributed by atoms with Crippen LogP contribution in [0.3, 0.4) is 0 Å². The first kappa shape index (κ1) is 13.8. The molecule has 19 heavy (non-hydrogen) atoms. The summed E-state index contributed by atoms with van der Waals surface area (Å²) in [6, 6.07) is 1.16. The number of ether oxygens (including phenoxy) is 1. The van der Waals surface area contributed by atoms with Crippen molar-refractivity contribution in [2.75, 3.05) is 19.6 Å². The fourth-order valence-corrected chi connectivity index (χ4v) is 3.91. The van der Waals surface area contributed by atoms with Gasteiger partial charge in [0.1, 0.15) is 0 Å². The summed E-state index contributed by atoms with van der Waals surface area (Å²) in [6.45, 7) is 12.8. The molecule has 0 radical (unpaired) electrons. The maximum atomic E-state index is 6.18. The maximum absolute atomic E-state index is 6.18. The average Bonchev–Trinajstić information content (AvgIpc) is 2.90. The standard InChI is InChI=1S/C16H30N2O/c1-15(2)9-14(16(3,4)19-15)17-13-7-8-18(11-13)10-12-5-6-12/h12-14,17H,5-11H2,1-4H3/t13-,14+/m0/s1. The van der Waals surface area contributed by atoms with Crippen molar-refractivity contribution in [2.45, 2.75) is 76.7 Å². The first-order valence-electron chi connectivity index (χ1n) is 8.03. The summed E-state index contributed by atoms with van der Waals surface area (Å²) < 4.78 is 6.18. The molecule has 0 amide bonds. The Balaban J connectivity index is 1.51. The van der Waals surface area contributed by atoms with Crippen LogP contribution in [0.1, 0.15) is 53.4 Å². The molecule has 3 nitrogen and oxygen atoms in total. The van der Waals surface area contributed by atoms with Crippen molar-refractivity contribution in [1.82, 2.24) is 10.2 Å². The molecule has 1 aliphatic carbocycles. The van der Waals surface area contributed by atoms with Gasteiger partial charge in [0.05, 0.1) is 11.2 Å². The third kappa shape index (κ3) is 3.32. The van der Waals surface area contributed by atoms with E-state index in [9.17, 15) is 0 Å². The molecule has 0 bridgehead atoms. The molecule has 0 aromatic carbocycles. The van der Waals surface area contributed by atoms with E-state index in [1.165, 1.54) is 38.9 Å². The van der Waals surface area contributed by atoms with Crippen LogP contribution in [0.25, 0.3) is 0 Å². The van der Waals surface area contributed by atoms with E-state index in [1.807, 2.05) is 0 Å². The van der Waals surface area contributed by atoms with Crippen LogP contribution < -0.4 is 5.32 Å². The highest BCUT2D eigenvalue weighted by Crippen LogP contribution is 2.38. The predicted octanol–water partition coefficient (Wildman–Crippen LogP) is 2.41. The summed E-state index contributed by atoms with van der Waals surface area (Å²) in [4.78, 5) is 2.66. The first-order chi connectivity index (χ1) is 8.84. The number of nitrogens with one attached hydrogen (secondary N) is 1. The molecule has 3 rings (SSSR count). The minimum absolute atomic E-state index is 0.0213. The van der Waals surface area contributed by atoms with Crippen molar-refractivity contribution in [3.8, 4) is 0 Å². The van der Waals surface area contributed by atoms with E-state index >= 15 is 0 Å². The monoisotopic (exact) mass is 266 g/mol. The molecule has 0 unspecified atom stereocenters. The fourth-order valence-electron chi connectivity index (χ4n) is 3.91. The first-order valence-corrected chi connectivity index (χ1v) is 8.03. The van der Waals surface area contributed by atoms with Crippen LogP contribution in [0.2, 0.25) is 0 Å². The normalized spacial score (nSPS) is 37.9. The van der Waals surface area contributed by atoms with E-state index in [2.05, 4.69) is 37.9 Å². The van der Waals surface area contributed by atoms with Crippen molar-refractivity contribution >= 4 is 0 Å². The number of hydrogen-bond acceptors (Lipinski definition) is 3. The Morgan fingerprint density at radius 2 is 1.89 bits per heavy atom. The molecule has 2 saturated heterocycles. The van der Waals surface area contributed by atoms with Crippen LogP contribution in [0.4, 0.5) is 0 Å². The number of rotatable bonds is 4. The van der Waals surface area contributed by atoms with E-state index in [4.69, 9.17) is 4.74 Å². The van der Waals surface area contributed by atoms with Crippen LogP contribution in [0.5, 0.6) is 0 Å². The molecule has 3 aliphatic rings. The average molecular weight is 266 g/mol. The lowest BCUT2D eigenvalue weighted by atomic mass is 9.93. The molecule has 2 atom stereocenters. The lowest BCUT2D eigenvalue weighted by Crippen LogP contribution is -2.48. The highest BCUT2D eigenvalue weighted by atomic mass is 16.5. The van der Waals surface area contributed by atoms with Gasteiger partial charge in [-0.2, -0.15) is 0 Å². The van der Waals surface area contributed by atoms with Crippen LogP contribution in [-0.4, -0.2) is 47.8 Å². The van der Waals surface area contributed by atoms with Gasteiger partial charge in [0.2, 0.25) is 0 Å². The lowest BCUT2D eigenvalue weighted by molar-refractivity contribution is -0.0704. The van der Waals surface area contributed by atoms with E-state index in [0.717, 1.165) is 12.3 Å². The SMILES string of the molecule is CC1(C)C[C@@H](N[C@H]2CCN(CC3CC3)C2)C(C)(C)O1. The van der Waals surface area contributed by atoms with Gasteiger partial charge in [0.15, 0.2) is 0 Å². The van der Waals surface area contributed by atoms with Crippen LogP contribution in [-0.2, 0) is 4.74 Å². The molecule has 0 aromatic rings. The van der Waals surface area contributed by atoms with Gasteiger partial charge in [-0.25, -0.2) is 0 Å². The maximum Gasteiger partial charge on any atom is 0.0787 e. The number of likely N-dealkylation sites (tertiary alicyclic amines) is 1. The van der Waals surface area contributed by atoms with Gasteiger partial charge in [-0.1, -0.05) is 0 Å². The fraction of sp³-hybridized carbons (Fsp3) is 1.00. The Bertz CT molecular complexity index is 336. The van der Waals surface area contributed by atoms with Crippen molar-refractivity contribution < 1.29 is 4.74 Å². The molecular formula is C16H30N2O.